The van der Waals surface area contributed by atoms with Gasteiger partial charge in [-0.2, -0.15) is 5.26 Å². The zero-order valence-corrected chi connectivity index (χ0v) is 14.9. The maximum atomic E-state index is 12.6. The molecule has 0 N–H and O–H groups in total. The lowest BCUT2D eigenvalue weighted by Crippen LogP contribution is -2.53. The normalized spacial score (nSPS) is 15.5. The van der Waals surface area contributed by atoms with Crippen molar-refractivity contribution in [2.75, 3.05) is 33.3 Å². The van der Waals surface area contributed by atoms with Crippen molar-refractivity contribution in [2.45, 2.75) is 38.6 Å². The van der Waals surface area contributed by atoms with Gasteiger partial charge >= 0.3 is 0 Å². The smallest absolute Gasteiger partial charge is 0.254 e. The average Bonchev–Trinajstić information content (AvgIpc) is 2.58. The molecule has 5 heteroatoms. The Morgan fingerprint density at radius 1 is 1.25 bits per heavy atom. The van der Waals surface area contributed by atoms with E-state index in [1.54, 1.807) is 24.1 Å². The van der Waals surface area contributed by atoms with Crippen LogP contribution in [0.15, 0.2) is 24.3 Å². The Kier molecular flexibility index (Phi) is 6.22. The maximum Gasteiger partial charge on any atom is 0.254 e. The molecule has 0 atom stereocenters. The zero-order valence-electron chi connectivity index (χ0n) is 14.9. The molecular weight excluding hydrogens is 302 g/mol. The van der Waals surface area contributed by atoms with Crippen molar-refractivity contribution >= 4 is 5.91 Å². The van der Waals surface area contributed by atoms with E-state index < -0.39 is 5.54 Å². The molecule has 0 bridgehead atoms. The second-order valence-electron chi connectivity index (χ2n) is 6.26. The monoisotopic (exact) mass is 329 g/mol. The van der Waals surface area contributed by atoms with Gasteiger partial charge in [0.05, 0.1) is 6.07 Å². The van der Waals surface area contributed by atoms with Crippen LogP contribution in [-0.2, 0) is 0 Å². The zero-order chi connectivity index (χ0) is 17.6. The topological polar surface area (TPSA) is 56.6 Å². The molecule has 1 aromatic carbocycles. The molecule has 1 aliphatic rings. The largest absolute Gasteiger partial charge is 0.492 e. The molecular formula is C19H27N3O2. The molecule has 1 aromatic rings. The van der Waals surface area contributed by atoms with Gasteiger partial charge in [-0.3, -0.25) is 4.79 Å². The van der Waals surface area contributed by atoms with Gasteiger partial charge in [-0.15, -0.1) is 0 Å². The Morgan fingerprint density at radius 3 is 2.33 bits per heavy atom. The summed E-state index contributed by atoms with van der Waals surface area (Å²) in [5.74, 6) is 0.658. The molecule has 1 fully saturated rings. The standard InChI is InChI=1S/C19H27N3O2/c1-4-22(5-2)13-14-24-17-9-7-16(8-10-17)18(23)21(3)19(15-20)11-6-12-19/h7-10H,4-6,11-14H2,1-3H3. The lowest BCUT2D eigenvalue weighted by Gasteiger charge is -2.42. The van der Waals surface area contributed by atoms with Crippen LogP contribution in [0.3, 0.4) is 0 Å². The van der Waals surface area contributed by atoms with Gasteiger partial charge in [0.2, 0.25) is 0 Å². The van der Waals surface area contributed by atoms with E-state index in [1.807, 2.05) is 12.1 Å². The third-order valence-corrected chi connectivity index (χ3v) is 5.01. The van der Waals surface area contributed by atoms with E-state index in [-0.39, 0.29) is 5.91 Å². The minimum Gasteiger partial charge on any atom is -0.492 e. The van der Waals surface area contributed by atoms with Crippen molar-refractivity contribution in [1.29, 1.82) is 5.26 Å². The fourth-order valence-corrected chi connectivity index (χ4v) is 2.95. The highest BCUT2D eigenvalue weighted by Gasteiger charge is 2.43. The molecule has 5 nitrogen and oxygen atoms in total. The summed E-state index contributed by atoms with van der Waals surface area (Å²) in [5.41, 5.74) is -0.0224. The average molecular weight is 329 g/mol. The van der Waals surface area contributed by atoms with E-state index in [0.717, 1.165) is 44.6 Å². The number of nitriles is 1. The number of nitrogens with zero attached hydrogens (tertiary/aromatic N) is 3. The van der Waals surface area contributed by atoms with Crippen molar-refractivity contribution in [3.8, 4) is 11.8 Å². The Hall–Kier alpha value is -2.06. The van der Waals surface area contributed by atoms with Gasteiger partial charge in [0.25, 0.3) is 5.91 Å². The highest BCUT2D eigenvalue weighted by atomic mass is 16.5. The lowest BCUT2D eigenvalue weighted by molar-refractivity contribution is 0.0497. The third-order valence-electron chi connectivity index (χ3n) is 5.01. The number of hydrogen-bond acceptors (Lipinski definition) is 4. The molecule has 24 heavy (non-hydrogen) atoms. The van der Waals surface area contributed by atoms with Gasteiger partial charge in [-0.05, 0) is 56.6 Å². The fraction of sp³-hybridized carbons (Fsp3) is 0.579. The summed E-state index contributed by atoms with van der Waals surface area (Å²) >= 11 is 0. The van der Waals surface area contributed by atoms with Crippen molar-refractivity contribution in [1.82, 2.24) is 9.80 Å². The first-order valence-corrected chi connectivity index (χ1v) is 8.71. The van der Waals surface area contributed by atoms with Crippen LogP contribution in [0.25, 0.3) is 0 Å². The second-order valence-corrected chi connectivity index (χ2v) is 6.26. The van der Waals surface area contributed by atoms with Crippen molar-refractivity contribution in [3.63, 3.8) is 0 Å². The first kappa shape index (κ1) is 18.3. The second kappa shape index (κ2) is 8.16. The quantitative estimate of drug-likeness (QED) is 0.736. The summed E-state index contributed by atoms with van der Waals surface area (Å²) in [6.07, 6.45) is 2.53. The van der Waals surface area contributed by atoms with Gasteiger partial charge in [0.15, 0.2) is 0 Å². The summed E-state index contributed by atoms with van der Waals surface area (Å²) in [4.78, 5) is 16.5. The third kappa shape index (κ3) is 3.88. The molecule has 0 heterocycles. The van der Waals surface area contributed by atoms with E-state index in [1.165, 1.54) is 0 Å². The lowest BCUT2D eigenvalue weighted by atomic mass is 9.76. The molecule has 0 saturated heterocycles. The van der Waals surface area contributed by atoms with Crippen molar-refractivity contribution in [2.24, 2.45) is 0 Å². The van der Waals surface area contributed by atoms with Crippen molar-refractivity contribution < 1.29 is 9.53 Å². The molecule has 1 saturated carbocycles. The molecule has 1 amide bonds. The summed E-state index contributed by atoms with van der Waals surface area (Å²) in [6, 6.07) is 9.49. The van der Waals surface area contributed by atoms with E-state index in [9.17, 15) is 10.1 Å². The molecule has 0 radical (unpaired) electrons. The van der Waals surface area contributed by atoms with Crippen molar-refractivity contribution in [3.05, 3.63) is 29.8 Å². The number of hydrogen-bond donors (Lipinski definition) is 0. The van der Waals surface area contributed by atoms with Crippen LogP contribution in [-0.4, -0.2) is 54.5 Å². The van der Waals surface area contributed by atoms with Crippen LogP contribution in [0.5, 0.6) is 5.75 Å². The minimum absolute atomic E-state index is 0.106. The minimum atomic E-state index is -0.615. The summed E-state index contributed by atoms with van der Waals surface area (Å²) in [5, 5.41) is 9.36. The van der Waals surface area contributed by atoms with Gasteiger partial charge < -0.3 is 14.5 Å². The summed E-state index contributed by atoms with van der Waals surface area (Å²) in [6.45, 7) is 7.82. The predicted octanol–water partition coefficient (Wildman–Crippen LogP) is 2.93. The Balaban J connectivity index is 1.92. The van der Waals surface area contributed by atoms with E-state index in [0.29, 0.717) is 12.2 Å². The highest BCUT2D eigenvalue weighted by molar-refractivity contribution is 5.95. The number of benzene rings is 1. The summed E-state index contributed by atoms with van der Waals surface area (Å²) < 4.78 is 5.74. The van der Waals surface area contributed by atoms with Crippen LogP contribution in [0, 0.1) is 11.3 Å². The van der Waals surface area contributed by atoms with Crippen LogP contribution < -0.4 is 4.74 Å². The van der Waals surface area contributed by atoms with E-state index in [4.69, 9.17) is 4.74 Å². The summed E-state index contributed by atoms with van der Waals surface area (Å²) in [7, 11) is 1.72. The van der Waals surface area contributed by atoms with Crippen LogP contribution in [0.4, 0.5) is 0 Å². The molecule has 0 unspecified atom stereocenters. The van der Waals surface area contributed by atoms with Gasteiger partial charge in [0.1, 0.15) is 17.9 Å². The van der Waals surface area contributed by atoms with E-state index in [2.05, 4.69) is 24.8 Å². The Morgan fingerprint density at radius 2 is 1.88 bits per heavy atom. The first-order chi connectivity index (χ1) is 11.6. The van der Waals surface area contributed by atoms with Crippen LogP contribution >= 0.6 is 0 Å². The van der Waals surface area contributed by atoms with Crippen LogP contribution in [0.2, 0.25) is 0 Å². The Bertz CT molecular complexity index is 584. The van der Waals surface area contributed by atoms with Crippen LogP contribution in [0.1, 0.15) is 43.5 Å². The van der Waals surface area contributed by atoms with Gasteiger partial charge in [-0.25, -0.2) is 0 Å². The number of rotatable bonds is 8. The predicted molar refractivity (Wildman–Crippen MR) is 94.0 cm³/mol. The molecule has 130 valence electrons. The number of amides is 1. The fourth-order valence-electron chi connectivity index (χ4n) is 2.95. The molecule has 0 spiro atoms. The SMILES string of the molecule is CCN(CC)CCOc1ccc(C(=O)N(C)C2(C#N)CCC2)cc1. The number of carbonyl (C=O) groups excluding carboxylic acids is 1. The molecule has 0 aromatic heterocycles. The molecule has 1 aliphatic carbocycles. The first-order valence-electron chi connectivity index (χ1n) is 8.71. The Labute approximate surface area is 144 Å². The number of ether oxygens (including phenoxy) is 1. The van der Waals surface area contributed by atoms with E-state index >= 15 is 0 Å². The van der Waals surface area contributed by atoms with Gasteiger partial charge in [0, 0.05) is 19.2 Å². The maximum absolute atomic E-state index is 12.6. The van der Waals surface area contributed by atoms with Gasteiger partial charge in [-0.1, -0.05) is 13.8 Å². The number of likely N-dealkylation sites (N-methyl/N-ethyl adjacent to an activating group) is 1. The highest BCUT2D eigenvalue weighted by Crippen LogP contribution is 2.37. The molecule has 2 rings (SSSR count). The molecule has 0 aliphatic heterocycles. The number of carbonyl (C=O) groups is 1.